The summed E-state index contributed by atoms with van der Waals surface area (Å²) >= 11 is 0. The van der Waals surface area contributed by atoms with Gasteiger partial charge < -0.3 is 25.6 Å². The molecule has 10 nitrogen and oxygen atoms in total. The number of aromatic nitrogens is 3. The number of unbranched alkanes of at least 4 members (excludes halogenated alkanes) is 1. The number of esters is 1. The molecular weight excluding hydrogens is 554 g/mol. The van der Waals surface area contributed by atoms with E-state index in [0.717, 1.165) is 49.3 Å². The molecule has 3 aromatic rings. The number of hydrogen-bond acceptors (Lipinski definition) is 9. The predicted molar refractivity (Wildman–Crippen MR) is 177 cm³/mol. The molecule has 1 amide bonds. The standard InChI is InChI=1S/C34H49N7O3/c1-7-26-16-17-28(38-31(26)35-6)15-11-12-22-41(24-21-36-25(2)42)23-19-29(33(43)44-34(3,4)5)39-30-18-20-37-32(40-30)27-13-9-8-10-14-27/h8-10,13-14,16-18,20,29H,7,11-12,15,19,21-24H2,1-6H3,(H,35,38)(H,36,42)(H,37,39,40). The van der Waals surface area contributed by atoms with E-state index >= 15 is 0 Å². The van der Waals surface area contributed by atoms with Gasteiger partial charge in [0.25, 0.3) is 0 Å². The molecule has 0 aliphatic carbocycles. The fourth-order valence-electron chi connectivity index (χ4n) is 4.81. The molecule has 0 radical (unpaired) electrons. The van der Waals surface area contributed by atoms with Crippen molar-refractivity contribution in [2.75, 3.05) is 43.9 Å². The zero-order valence-corrected chi connectivity index (χ0v) is 27.2. The Labute approximate surface area is 262 Å². The zero-order valence-electron chi connectivity index (χ0n) is 27.2. The quantitative estimate of drug-likeness (QED) is 0.143. The number of aryl methyl sites for hydroxylation is 2. The molecule has 44 heavy (non-hydrogen) atoms. The van der Waals surface area contributed by atoms with Crippen molar-refractivity contribution in [3.05, 3.63) is 66.0 Å². The maximum absolute atomic E-state index is 13.3. The number of amides is 1. The molecule has 0 saturated heterocycles. The van der Waals surface area contributed by atoms with Gasteiger partial charge in [0.05, 0.1) is 0 Å². The Morgan fingerprint density at radius 3 is 2.43 bits per heavy atom. The Balaban J connectivity index is 1.67. The van der Waals surface area contributed by atoms with Crippen LogP contribution >= 0.6 is 0 Å². The van der Waals surface area contributed by atoms with Crippen molar-refractivity contribution in [2.45, 2.75) is 78.4 Å². The van der Waals surface area contributed by atoms with Gasteiger partial charge in [0, 0.05) is 51.1 Å². The summed E-state index contributed by atoms with van der Waals surface area (Å²) in [7, 11) is 1.91. The van der Waals surface area contributed by atoms with E-state index in [-0.39, 0.29) is 11.9 Å². The molecule has 2 heterocycles. The number of pyridine rings is 1. The molecular formula is C34H49N7O3. The third-order valence-corrected chi connectivity index (χ3v) is 7.05. The van der Waals surface area contributed by atoms with Gasteiger partial charge in [-0.1, -0.05) is 43.3 Å². The van der Waals surface area contributed by atoms with Crippen molar-refractivity contribution < 1.29 is 14.3 Å². The Hall–Kier alpha value is -4.05. The number of benzene rings is 1. The first kappa shape index (κ1) is 34.4. The highest BCUT2D eigenvalue weighted by Crippen LogP contribution is 2.19. The normalized spacial score (nSPS) is 12.1. The Morgan fingerprint density at radius 1 is 0.977 bits per heavy atom. The largest absolute Gasteiger partial charge is 0.458 e. The topological polar surface area (TPSA) is 121 Å². The van der Waals surface area contributed by atoms with Crippen LogP contribution in [0.3, 0.4) is 0 Å². The van der Waals surface area contributed by atoms with Gasteiger partial charge in [-0.25, -0.2) is 19.7 Å². The van der Waals surface area contributed by atoms with Crippen molar-refractivity contribution in [1.29, 1.82) is 0 Å². The summed E-state index contributed by atoms with van der Waals surface area (Å²) in [5.74, 6) is 1.69. The average Bonchev–Trinajstić information content (AvgIpc) is 3.00. The number of carbonyl (C=O) groups excluding carboxylic acids is 2. The van der Waals surface area contributed by atoms with Crippen LogP contribution < -0.4 is 16.0 Å². The second-order valence-electron chi connectivity index (χ2n) is 11.8. The Kier molecular flexibility index (Phi) is 13.5. The number of carbonyl (C=O) groups is 2. The molecule has 0 spiro atoms. The first-order chi connectivity index (χ1) is 21.1. The van der Waals surface area contributed by atoms with Crippen LogP contribution in [-0.2, 0) is 27.2 Å². The van der Waals surface area contributed by atoms with Crippen molar-refractivity contribution in [3.8, 4) is 11.4 Å². The average molecular weight is 604 g/mol. The lowest BCUT2D eigenvalue weighted by atomic mass is 10.1. The predicted octanol–water partition coefficient (Wildman–Crippen LogP) is 5.12. The molecule has 1 aromatic carbocycles. The van der Waals surface area contributed by atoms with E-state index in [2.05, 4.69) is 49.9 Å². The molecule has 1 unspecified atom stereocenters. The first-order valence-electron chi connectivity index (χ1n) is 15.6. The van der Waals surface area contributed by atoms with Crippen LogP contribution in [-0.4, -0.2) is 76.6 Å². The summed E-state index contributed by atoms with van der Waals surface area (Å²) in [6.45, 7) is 11.9. The highest BCUT2D eigenvalue weighted by Gasteiger charge is 2.26. The second kappa shape index (κ2) is 17.3. The van der Waals surface area contributed by atoms with Gasteiger partial charge in [0.2, 0.25) is 5.91 Å². The van der Waals surface area contributed by atoms with E-state index in [4.69, 9.17) is 9.72 Å². The van der Waals surface area contributed by atoms with Crippen molar-refractivity contribution in [2.24, 2.45) is 0 Å². The van der Waals surface area contributed by atoms with Crippen LogP contribution in [0.2, 0.25) is 0 Å². The summed E-state index contributed by atoms with van der Waals surface area (Å²) in [6.07, 6.45) is 5.96. The molecule has 0 aliphatic rings. The molecule has 1 atom stereocenters. The van der Waals surface area contributed by atoms with Gasteiger partial charge in [0.15, 0.2) is 5.82 Å². The Morgan fingerprint density at radius 2 is 1.75 bits per heavy atom. The fourth-order valence-corrected chi connectivity index (χ4v) is 4.81. The van der Waals surface area contributed by atoms with E-state index in [1.165, 1.54) is 12.5 Å². The zero-order chi connectivity index (χ0) is 32.0. The van der Waals surface area contributed by atoms with Gasteiger partial charge in [-0.3, -0.25) is 4.79 Å². The Bertz CT molecular complexity index is 1330. The third kappa shape index (κ3) is 11.9. The SMILES string of the molecule is CCc1ccc(CCCCN(CCNC(C)=O)CCC(Nc2ccnc(-c3ccccc3)n2)C(=O)OC(C)(C)C)nc1NC. The lowest BCUT2D eigenvalue weighted by Gasteiger charge is -2.28. The van der Waals surface area contributed by atoms with Gasteiger partial charge in [-0.05, 0) is 77.1 Å². The van der Waals surface area contributed by atoms with Crippen LogP contribution in [0.15, 0.2) is 54.7 Å². The highest BCUT2D eigenvalue weighted by atomic mass is 16.6. The molecule has 238 valence electrons. The minimum absolute atomic E-state index is 0.0573. The number of rotatable bonds is 17. The lowest BCUT2D eigenvalue weighted by Crippen LogP contribution is -2.41. The van der Waals surface area contributed by atoms with E-state index < -0.39 is 11.6 Å². The number of nitrogens with zero attached hydrogens (tertiary/aromatic N) is 4. The summed E-state index contributed by atoms with van der Waals surface area (Å²) in [6, 6.07) is 15.1. The van der Waals surface area contributed by atoms with E-state index in [0.29, 0.717) is 37.7 Å². The van der Waals surface area contributed by atoms with Crippen molar-refractivity contribution in [1.82, 2.24) is 25.2 Å². The third-order valence-electron chi connectivity index (χ3n) is 7.05. The summed E-state index contributed by atoms with van der Waals surface area (Å²) in [4.78, 5) is 41.0. The van der Waals surface area contributed by atoms with Crippen LogP contribution in [0.1, 0.15) is 65.1 Å². The van der Waals surface area contributed by atoms with Crippen LogP contribution in [0.5, 0.6) is 0 Å². The van der Waals surface area contributed by atoms with E-state index in [9.17, 15) is 9.59 Å². The van der Waals surface area contributed by atoms with Crippen LogP contribution in [0.25, 0.3) is 11.4 Å². The van der Waals surface area contributed by atoms with Gasteiger partial charge in [-0.2, -0.15) is 0 Å². The lowest BCUT2D eigenvalue weighted by molar-refractivity contribution is -0.156. The van der Waals surface area contributed by atoms with Crippen LogP contribution in [0, 0.1) is 0 Å². The second-order valence-corrected chi connectivity index (χ2v) is 11.8. The first-order valence-corrected chi connectivity index (χ1v) is 15.6. The van der Waals surface area contributed by atoms with E-state index in [1.54, 1.807) is 12.3 Å². The molecule has 2 aromatic heterocycles. The van der Waals surface area contributed by atoms with Crippen molar-refractivity contribution >= 4 is 23.5 Å². The maximum Gasteiger partial charge on any atom is 0.329 e. The number of ether oxygens (including phenoxy) is 1. The molecule has 10 heteroatoms. The molecule has 3 rings (SSSR count). The minimum atomic E-state index is -0.625. The molecule has 0 saturated carbocycles. The minimum Gasteiger partial charge on any atom is -0.458 e. The maximum atomic E-state index is 13.3. The van der Waals surface area contributed by atoms with Crippen LogP contribution in [0.4, 0.5) is 11.6 Å². The summed E-state index contributed by atoms with van der Waals surface area (Å²) in [5.41, 5.74) is 2.56. The number of hydrogen-bond donors (Lipinski definition) is 3. The highest BCUT2D eigenvalue weighted by molar-refractivity contribution is 5.79. The van der Waals surface area contributed by atoms with Crippen molar-refractivity contribution in [3.63, 3.8) is 0 Å². The fraction of sp³-hybridized carbons (Fsp3) is 0.500. The van der Waals surface area contributed by atoms with Gasteiger partial charge in [0.1, 0.15) is 23.3 Å². The smallest absolute Gasteiger partial charge is 0.329 e. The monoisotopic (exact) mass is 603 g/mol. The summed E-state index contributed by atoms with van der Waals surface area (Å²) in [5, 5.41) is 9.41. The molecule has 0 bridgehead atoms. The summed E-state index contributed by atoms with van der Waals surface area (Å²) < 4.78 is 5.78. The van der Waals surface area contributed by atoms with Gasteiger partial charge >= 0.3 is 5.97 Å². The number of nitrogens with one attached hydrogen (secondary N) is 3. The molecule has 0 fully saturated rings. The number of anilines is 2. The van der Waals surface area contributed by atoms with Gasteiger partial charge in [-0.15, -0.1) is 0 Å². The van der Waals surface area contributed by atoms with E-state index in [1.807, 2.05) is 58.2 Å². The molecule has 0 aliphatic heterocycles. The molecule has 3 N–H and O–H groups in total.